The predicted octanol–water partition coefficient (Wildman–Crippen LogP) is 26.8. The highest BCUT2D eigenvalue weighted by Crippen LogP contribution is 2.20. The maximum atomic E-state index is 12.6. The average molecular weight is 1240 g/mol. The summed E-state index contributed by atoms with van der Waals surface area (Å²) in [5.74, 6) is -0.0366. The maximum Gasteiger partial charge on any atom is 0.305 e. The second-order valence-corrected chi connectivity index (χ2v) is 28.1. The van der Waals surface area contributed by atoms with E-state index in [1.165, 1.54) is 398 Å². The van der Waals surface area contributed by atoms with Crippen LogP contribution < -0.4 is 5.32 Å². The van der Waals surface area contributed by atoms with E-state index in [0.717, 1.165) is 38.5 Å². The standard InChI is InChI=1S/C82H159NO5/c1-3-5-7-9-11-13-15-17-18-19-20-21-35-38-41-44-47-51-54-58-62-66-70-74-80(85)79(78-84)83-81(86)75-71-67-63-59-55-52-48-45-42-39-36-33-31-29-27-25-23-22-24-26-28-30-32-34-37-40-43-46-49-53-57-61-65-69-73-77-88-82(87)76-72-68-64-60-56-50-16-14-12-10-8-6-4-2/h24,26,70,74,79-80,84-85H,3-23,25,27-69,71-73,75-78H2,1-2H3,(H,83,86)/b26-24-,74-70+. The molecule has 0 aliphatic heterocycles. The summed E-state index contributed by atoms with van der Waals surface area (Å²) < 4.78 is 5.50. The lowest BCUT2D eigenvalue weighted by atomic mass is 10.0. The monoisotopic (exact) mass is 1240 g/mol. The van der Waals surface area contributed by atoms with Crippen molar-refractivity contribution >= 4 is 11.9 Å². The van der Waals surface area contributed by atoms with E-state index in [9.17, 15) is 19.8 Å². The van der Waals surface area contributed by atoms with E-state index < -0.39 is 12.1 Å². The number of aliphatic hydroxyl groups is 2. The number of carbonyl (C=O) groups is 2. The molecule has 0 heterocycles. The third-order valence-corrected chi connectivity index (χ3v) is 19.2. The molecule has 6 nitrogen and oxygen atoms in total. The van der Waals surface area contributed by atoms with Gasteiger partial charge in [-0.3, -0.25) is 9.59 Å². The van der Waals surface area contributed by atoms with Crippen molar-refractivity contribution in [1.29, 1.82) is 0 Å². The van der Waals surface area contributed by atoms with Crippen LogP contribution in [0.15, 0.2) is 24.3 Å². The number of allylic oxidation sites excluding steroid dienone is 3. The van der Waals surface area contributed by atoms with Crippen LogP contribution in [0.25, 0.3) is 0 Å². The Morgan fingerprint density at radius 1 is 0.307 bits per heavy atom. The Morgan fingerprint density at radius 2 is 0.534 bits per heavy atom. The number of amides is 1. The molecule has 0 aromatic carbocycles. The van der Waals surface area contributed by atoms with Gasteiger partial charge < -0.3 is 20.3 Å². The molecule has 6 heteroatoms. The molecule has 2 atom stereocenters. The third kappa shape index (κ3) is 73.4. The summed E-state index contributed by atoms with van der Waals surface area (Å²) in [6.07, 6.45) is 100. The van der Waals surface area contributed by atoms with Gasteiger partial charge in [0.1, 0.15) is 0 Å². The molecule has 0 rings (SSSR count). The second-order valence-electron chi connectivity index (χ2n) is 28.1. The Kier molecular flexibility index (Phi) is 76.3. The van der Waals surface area contributed by atoms with Crippen LogP contribution in [0.1, 0.15) is 463 Å². The Balaban J connectivity index is 3.36. The fourth-order valence-corrected chi connectivity index (χ4v) is 13.0. The molecule has 0 aromatic heterocycles. The van der Waals surface area contributed by atoms with E-state index in [1.54, 1.807) is 6.08 Å². The van der Waals surface area contributed by atoms with E-state index in [0.29, 0.717) is 19.4 Å². The van der Waals surface area contributed by atoms with E-state index in [-0.39, 0.29) is 18.5 Å². The highest BCUT2D eigenvalue weighted by Gasteiger charge is 2.18. The van der Waals surface area contributed by atoms with Crippen molar-refractivity contribution in [2.45, 2.75) is 475 Å². The van der Waals surface area contributed by atoms with Crippen molar-refractivity contribution < 1.29 is 24.5 Å². The van der Waals surface area contributed by atoms with Gasteiger partial charge in [-0.2, -0.15) is 0 Å². The van der Waals surface area contributed by atoms with Crippen LogP contribution in [0.4, 0.5) is 0 Å². The molecular formula is C82H159NO5. The van der Waals surface area contributed by atoms with Crippen molar-refractivity contribution in [1.82, 2.24) is 5.32 Å². The summed E-state index contributed by atoms with van der Waals surface area (Å²) in [5.41, 5.74) is 0. The molecule has 0 aromatic rings. The van der Waals surface area contributed by atoms with Crippen molar-refractivity contribution in [3.05, 3.63) is 24.3 Å². The summed E-state index contributed by atoms with van der Waals surface area (Å²) in [6, 6.07) is -0.626. The molecule has 522 valence electrons. The first-order chi connectivity index (χ1) is 43.5. The number of aliphatic hydroxyl groups excluding tert-OH is 2. The minimum Gasteiger partial charge on any atom is -0.466 e. The first-order valence-electron chi connectivity index (χ1n) is 40.6. The van der Waals surface area contributed by atoms with Crippen molar-refractivity contribution in [3.63, 3.8) is 0 Å². The Bertz CT molecular complexity index is 1380. The Labute approximate surface area is 551 Å². The predicted molar refractivity (Wildman–Crippen MR) is 389 cm³/mol. The molecule has 0 fully saturated rings. The lowest BCUT2D eigenvalue weighted by Gasteiger charge is -2.20. The first kappa shape index (κ1) is 86.3. The zero-order chi connectivity index (χ0) is 63.5. The lowest BCUT2D eigenvalue weighted by molar-refractivity contribution is -0.143. The lowest BCUT2D eigenvalue weighted by Crippen LogP contribution is -2.45. The van der Waals surface area contributed by atoms with Crippen LogP contribution in [-0.2, 0) is 14.3 Å². The van der Waals surface area contributed by atoms with Crippen LogP contribution in [0.3, 0.4) is 0 Å². The molecule has 0 saturated carbocycles. The Hall–Kier alpha value is -1.66. The van der Waals surface area contributed by atoms with Gasteiger partial charge in [-0.15, -0.1) is 0 Å². The average Bonchev–Trinajstić information content (AvgIpc) is 3.53. The third-order valence-electron chi connectivity index (χ3n) is 19.2. The fraction of sp³-hybridized carbons (Fsp3) is 0.927. The minimum atomic E-state index is -0.843. The largest absolute Gasteiger partial charge is 0.466 e. The highest BCUT2D eigenvalue weighted by molar-refractivity contribution is 5.76. The number of esters is 1. The van der Waals surface area contributed by atoms with Gasteiger partial charge in [-0.25, -0.2) is 0 Å². The van der Waals surface area contributed by atoms with Crippen molar-refractivity contribution in [3.8, 4) is 0 Å². The molecule has 88 heavy (non-hydrogen) atoms. The zero-order valence-corrected chi connectivity index (χ0v) is 60.0. The van der Waals surface area contributed by atoms with Gasteiger partial charge in [0.2, 0.25) is 5.91 Å². The van der Waals surface area contributed by atoms with Crippen LogP contribution in [0.2, 0.25) is 0 Å². The second kappa shape index (κ2) is 77.8. The molecule has 0 radical (unpaired) electrons. The maximum absolute atomic E-state index is 12.6. The van der Waals surface area contributed by atoms with Gasteiger partial charge in [-0.1, -0.05) is 417 Å². The number of unbranched alkanes of at least 4 members (excludes halogenated alkanes) is 64. The zero-order valence-electron chi connectivity index (χ0n) is 60.0. The van der Waals surface area contributed by atoms with Crippen LogP contribution in [-0.4, -0.2) is 47.4 Å². The van der Waals surface area contributed by atoms with E-state index in [2.05, 4.69) is 31.3 Å². The molecule has 0 aliphatic rings. The van der Waals surface area contributed by atoms with Crippen molar-refractivity contribution in [2.24, 2.45) is 0 Å². The Morgan fingerprint density at radius 3 is 0.807 bits per heavy atom. The highest BCUT2D eigenvalue weighted by atomic mass is 16.5. The van der Waals surface area contributed by atoms with Crippen LogP contribution in [0, 0.1) is 0 Å². The van der Waals surface area contributed by atoms with Gasteiger partial charge in [-0.05, 0) is 57.8 Å². The van der Waals surface area contributed by atoms with Gasteiger partial charge >= 0.3 is 5.97 Å². The number of nitrogens with one attached hydrogen (secondary N) is 1. The minimum absolute atomic E-state index is 0.0225. The van der Waals surface area contributed by atoms with Gasteiger partial charge in [0.25, 0.3) is 0 Å². The van der Waals surface area contributed by atoms with Crippen LogP contribution >= 0.6 is 0 Å². The molecule has 2 unspecified atom stereocenters. The quantitative estimate of drug-likeness (QED) is 0.0320. The van der Waals surface area contributed by atoms with Crippen molar-refractivity contribution in [2.75, 3.05) is 13.2 Å². The number of hydrogen-bond donors (Lipinski definition) is 3. The molecule has 0 bridgehead atoms. The van der Waals surface area contributed by atoms with Crippen LogP contribution in [0.5, 0.6) is 0 Å². The number of carbonyl (C=O) groups excluding carboxylic acids is 2. The summed E-state index contributed by atoms with van der Waals surface area (Å²) in [6.45, 7) is 4.96. The summed E-state index contributed by atoms with van der Waals surface area (Å²) in [5, 5.41) is 23.3. The normalized spacial score (nSPS) is 12.5. The van der Waals surface area contributed by atoms with Gasteiger partial charge in [0, 0.05) is 12.8 Å². The summed E-state index contributed by atoms with van der Waals surface area (Å²) in [7, 11) is 0. The molecule has 0 saturated heterocycles. The SMILES string of the molecule is CCCCCCCCCCCCCCCCCCCCCCC/C=C/C(O)C(CO)NC(=O)CCCCCCCCCCCCCCCCCCC/C=C\CCCCCCCCCCCCCCCCOC(=O)CCCCCCCCCCCCCCC. The molecule has 0 spiro atoms. The summed E-state index contributed by atoms with van der Waals surface area (Å²) in [4.78, 5) is 24.6. The van der Waals surface area contributed by atoms with E-state index >= 15 is 0 Å². The molecule has 0 aliphatic carbocycles. The van der Waals surface area contributed by atoms with Gasteiger partial charge in [0.05, 0.1) is 25.4 Å². The van der Waals surface area contributed by atoms with E-state index in [1.807, 2.05) is 6.08 Å². The topological polar surface area (TPSA) is 95.9 Å². The smallest absolute Gasteiger partial charge is 0.305 e. The first-order valence-corrected chi connectivity index (χ1v) is 40.6. The molecular weight excluding hydrogens is 1080 g/mol. The number of hydrogen-bond acceptors (Lipinski definition) is 5. The fourth-order valence-electron chi connectivity index (χ4n) is 13.0. The number of ether oxygens (including phenoxy) is 1. The summed E-state index contributed by atoms with van der Waals surface area (Å²) >= 11 is 0. The van der Waals surface area contributed by atoms with E-state index in [4.69, 9.17) is 4.74 Å². The molecule has 3 N–H and O–H groups in total. The van der Waals surface area contributed by atoms with Gasteiger partial charge in [0.15, 0.2) is 0 Å². The molecule has 1 amide bonds. The number of rotatable bonds is 77.